The normalized spacial score (nSPS) is 11.8. The molecule has 0 aliphatic rings. The Kier molecular flexibility index (Phi) is 7.93. The molecule has 2 aromatic rings. The quantitative estimate of drug-likeness (QED) is 0.488. The van der Waals surface area contributed by atoms with Crippen molar-refractivity contribution in [2.45, 2.75) is 33.2 Å². The van der Waals surface area contributed by atoms with Gasteiger partial charge in [0.2, 0.25) is 0 Å². The topological polar surface area (TPSA) is 72.5 Å². The van der Waals surface area contributed by atoms with Crippen molar-refractivity contribution >= 4 is 33.6 Å². The van der Waals surface area contributed by atoms with Crippen molar-refractivity contribution in [2.75, 3.05) is 6.61 Å². The van der Waals surface area contributed by atoms with E-state index in [4.69, 9.17) is 4.74 Å². The number of nitrogens with one attached hydrogen (secondary N) is 1. The van der Waals surface area contributed by atoms with Gasteiger partial charge in [0.05, 0.1) is 0 Å². The Balaban J connectivity index is 1.97. The summed E-state index contributed by atoms with van der Waals surface area (Å²) < 4.78 is 6.04. The molecule has 148 valence electrons. The Bertz CT molecular complexity index is 829. The van der Waals surface area contributed by atoms with Gasteiger partial charge in [-0.2, -0.15) is 0 Å². The van der Waals surface area contributed by atoms with Gasteiger partial charge in [-0.3, -0.25) is 9.59 Å². The number of ether oxygens (including phenoxy) is 1. The van der Waals surface area contributed by atoms with Gasteiger partial charge in [-0.25, -0.2) is 4.79 Å². The molecule has 2 aromatic carbocycles. The molecule has 5 nitrogen and oxygen atoms in total. The third-order valence-corrected chi connectivity index (χ3v) is 4.87. The Labute approximate surface area is 173 Å². The number of carbonyl (C=O) groups is 3. The summed E-state index contributed by atoms with van der Waals surface area (Å²) in [7, 11) is 0. The second-order valence-corrected chi connectivity index (χ2v) is 7.70. The van der Waals surface area contributed by atoms with Gasteiger partial charge in [-0.05, 0) is 42.2 Å². The molecule has 0 fully saturated rings. The molecule has 6 heteroatoms. The molecule has 0 heterocycles. The van der Waals surface area contributed by atoms with Crippen LogP contribution in [0.2, 0.25) is 0 Å². The molecule has 0 unspecified atom stereocenters. The predicted molar refractivity (Wildman–Crippen MR) is 111 cm³/mol. The van der Waals surface area contributed by atoms with E-state index in [-0.39, 0.29) is 24.2 Å². The van der Waals surface area contributed by atoms with Crippen molar-refractivity contribution in [1.29, 1.82) is 0 Å². The minimum Gasteiger partial charge on any atom is -0.456 e. The van der Waals surface area contributed by atoms with Gasteiger partial charge < -0.3 is 10.1 Å². The maximum absolute atomic E-state index is 12.4. The molecule has 1 atom stereocenters. The Hall–Kier alpha value is -2.47. The minimum atomic E-state index is -0.841. The zero-order valence-corrected chi connectivity index (χ0v) is 17.8. The molecule has 0 aliphatic carbocycles. The monoisotopic (exact) mass is 445 g/mol. The number of esters is 1. The number of amides is 1. The maximum Gasteiger partial charge on any atom is 0.329 e. The van der Waals surface area contributed by atoms with Crippen molar-refractivity contribution in [3.05, 3.63) is 69.7 Å². The fourth-order valence-electron chi connectivity index (χ4n) is 2.56. The van der Waals surface area contributed by atoms with Gasteiger partial charge in [0.1, 0.15) is 6.04 Å². The van der Waals surface area contributed by atoms with E-state index >= 15 is 0 Å². The van der Waals surface area contributed by atoms with Gasteiger partial charge in [-0.1, -0.05) is 61.0 Å². The van der Waals surface area contributed by atoms with Gasteiger partial charge in [0, 0.05) is 15.6 Å². The maximum atomic E-state index is 12.4. The van der Waals surface area contributed by atoms with Crippen molar-refractivity contribution in [1.82, 2.24) is 5.32 Å². The lowest BCUT2D eigenvalue weighted by atomic mass is 10.0. The summed E-state index contributed by atoms with van der Waals surface area (Å²) in [6.45, 7) is 5.28. The third kappa shape index (κ3) is 6.02. The van der Waals surface area contributed by atoms with Crippen LogP contribution in [0.5, 0.6) is 0 Å². The van der Waals surface area contributed by atoms with Crippen LogP contribution in [0.3, 0.4) is 0 Å². The average Bonchev–Trinajstić information content (AvgIpc) is 2.70. The van der Waals surface area contributed by atoms with Crippen LogP contribution < -0.4 is 5.32 Å². The van der Waals surface area contributed by atoms with E-state index in [1.807, 2.05) is 19.1 Å². The molecular formula is C22H24BrNO4. The van der Waals surface area contributed by atoms with Crippen LogP contribution in [0.1, 0.15) is 47.1 Å². The smallest absolute Gasteiger partial charge is 0.329 e. The highest BCUT2D eigenvalue weighted by atomic mass is 79.9. The van der Waals surface area contributed by atoms with Gasteiger partial charge in [-0.15, -0.1) is 0 Å². The predicted octanol–water partition coefficient (Wildman–Crippen LogP) is 4.19. The molecule has 1 N–H and O–H groups in total. The Morgan fingerprint density at radius 3 is 2.07 bits per heavy atom. The average molecular weight is 446 g/mol. The Morgan fingerprint density at radius 1 is 0.964 bits per heavy atom. The van der Waals surface area contributed by atoms with Crippen molar-refractivity contribution in [3.8, 4) is 0 Å². The van der Waals surface area contributed by atoms with Crippen molar-refractivity contribution in [2.24, 2.45) is 5.92 Å². The number of benzene rings is 2. The molecule has 1 amide bonds. The fourth-order valence-corrected chi connectivity index (χ4v) is 2.82. The van der Waals surface area contributed by atoms with Crippen LogP contribution in [0.15, 0.2) is 53.0 Å². The minimum absolute atomic E-state index is 0.189. The largest absolute Gasteiger partial charge is 0.456 e. The number of halogens is 1. The zero-order valence-electron chi connectivity index (χ0n) is 16.2. The van der Waals surface area contributed by atoms with E-state index in [0.717, 1.165) is 16.5 Å². The van der Waals surface area contributed by atoms with Crippen LogP contribution in [0.4, 0.5) is 0 Å². The van der Waals surface area contributed by atoms with Crippen LogP contribution in [0, 0.1) is 5.92 Å². The third-order valence-electron chi connectivity index (χ3n) is 4.34. The number of carbonyl (C=O) groups excluding carboxylic acids is 3. The molecule has 0 aliphatic heterocycles. The molecule has 0 saturated carbocycles. The SMILES string of the molecule is CCc1ccc(C(=O)COC(=O)[C@@H](NC(=O)c2ccc(Br)cc2)C(C)C)cc1. The molecule has 2 rings (SSSR count). The van der Waals surface area contributed by atoms with Crippen molar-refractivity contribution in [3.63, 3.8) is 0 Å². The molecule has 0 saturated heterocycles. The fraction of sp³-hybridized carbons (Fsp3) is 0.318. The zero-order chi connectivity index (χ0) is 20.7. The lowest BCUT2D eigenvalue weighted by molar-refractivity contribution is -0.145. The number of rotatable bonds is 8. The van der Waals surface area contributed by atoms with Gasteiger partial charge >= 0.3 is 5.97 Å². The number of Topliss-reactive ketones (excluding diaryl/α,β-unsaturated/α-hetero) is 1. The van der Waals surface area contributed by atoms with E-state index < -0.39 is 12.0 Å². The molecule has 0 spiro atoms. The Morgan fingerprint density at radius 2 is 1.54 bits per heavy atom. The number of aryl methyl sites for hydroxylation is 1. The molecular weight excluding hydrogens is 422 g/mol. The second kappa shape index (κ2) is 10.2. The van der Waals surface area contributed by atoms with Crippen LogP contribution in [-0.2, 0) is 16.0 Å². The first-order valence-electron chi connectivity index (χ1n) is 9.17. The second-order valence-electron chi connectivity index (χ2n) is 6.78. The summed E-state index contributed by atoms with van der Waals surface area (Å²) in [6.07, 6.45) is 0.886. The highest BCUT2D eigenvalue weighted by Gasteiger charge is 2.27. The summed E-state index contributed by atoms with van der Waals surface area (Å²) in [5.74, 6) is -1.47. The standard InChI is InChI=1S/C22H24BrNO4/c1-4-15-5-7-16(8-6-15)19(25)13-28-22(27)20(14(2)3)24-21(26)17-9-11-18(23)12-10-17/h5-12,14,20H,4,13H2,1-3H3,(H,24,26)/t20-/m0/s1. The van der Waals surface area contributed by atoms with Crippen LogP contribution >= 0.6 is 15.9 Å². The summed E-state index contributed by atoms with van der Waals surface area (Å²) in [4.78, 5) is 37.1. The summed E-state index contributed by atoms with van der Waals surface area (Å²) in [5, 5.41) is 2.69. The van der Waals surface area contributed by atoms with E-state index in [0.29, 0.717) is 11.1 Å². The lowest BCUT2D eigenvalue weighted by Crippen LogP contribution is -2.45. The molecule has 0 radical (unpaired) electrons. The van der Waals surface area contributed by atoms with Gasteiger partial charge in [0.15, 0.2) is 12.4 Å². The number of hydrogen-bond acceptors (Lipinski definition) is 4. The first-order chi connectivity index (χ1) is 13.3. The van der Waals surface area contributed by atoms with Gasteiger partial charge in [0.25, 0.3) is 5.91 Å². The first kappa shape index (κ1) is 21.8. The summed E-state index contributed by atoms with van der Waals surface area (Å²) in [6, 6.07) is 13.2. The van der Waals surface area contributed by atoms with Crippen molar-refractivity contribution < 1.29 is 19.1 Å². The molecule has 0 aromatic heterocycles. The molecule has 28 heavy (non-hydrogen) atoms. The highest BCUT2D eigenvalue weighted by Crippen LogP contribution is 2.12. The summed E-state index contributed by atoms with van der Waals surface area (Å²) in [5.41, 5.74) is 2.06. The molecule has 0 bridgehead atoms. The number of hydrogen-bond donors (Lipinski definition) is 1. The summed E-state index contributed by atoms with van der Waals surface area (Å²) >= 11 is 3.32. The van der Waals surface area contributed by atoms with Crippen LogP contribution in [0.25, 0.3) is 0 Å². The van der Waals surface area contributed by atoms with E-state index in [2.05, 4.69) is 21.2 Å². The number of ketones is 1. The van der Waals surface area contributed by atoms with E-state index in [1.165, 1.54) is 0 Å². The van der Waals surface area contributed by atoms with E-state index in [9.17, 15) is 14.4 Å². The lowest BCUT2D eigenvalue weighted by Gasteiger charge is -2.20. The van der Waals surface area contributed by atoms with E-state index in [1.54, 1.807) is 50.2 Å². The van der Waals surface area contributed by atoms with Crippen LogP contribution in [-0.4, -0.2) is 30.3 Å². The highest BCUT2D eigenvalue weighted by molar-refractivity contribution is 9.10. The first-order valence-corrected chi connectivity index (χ1v) is 9.96.